The number of nitrogens with one attached hydrogen (secondary N) is 1. The number of rotatable bonds is 0. The van der Waals surface area contributed by atoms with E-state index in [2.05, 4.69) is 106 Å². The maximum atomic E-state index is 6.50. The monoisotopic (exact) mass is 470 g/mol. The molecule has 0 saturated carbocycles. The van der Waals surface area contributed by atoms with E-state index in [0.717, 1.165) is 33.0 Å². The summed E-state index contributed by atoms with van der Waals surface area (Å²) in [6.07, 6.45) is 0. The predicted octanol–water partition coefficient (Wildman–Crippen LogP) is 9.52. The molecule has 3 nitrogen and oxygen atoms in total. The van der Waals surface area contributed by atoms with Gasteiger partial charge in [-0.2, -0.15) is 0 Å². The molecule has 0 unspecified atom stereocenters. The molecular formula is C34H18N2O. The average molecular weight is 471 g/mol. The van der Waals surface area contributed by atoms with E-state index in [-0.39, 0.29) is 0 Å². The number of hydrogen-bond acceptors (Lipinski definition) is 1. The Bertz CT molecular complexity index is 2570. The highest BCUT2D eigenvalue weighted by Crippen LogP contribution is 2.46. The lowest BCUT2D eigenvalue weighted by molar-refractivity contribution is 0.672. The van der Waals surface area contributed by atoms with Crippen LogP contribution in [-0.2, 0) is 0 Å². The van der Waals surface area contributed by atoms with Gasteiger partial charge >= 0.3 is 0 Å². The quantitative estimate of drug-likeness (QED) is 0.235. The van der Waals surface area contributed by atoms with Crippen LogP contribution in [0.15, 0.2) is 108 Å². The van der Waals surface area contributed by atoms with Crippen molar-refractivity contribution in [2.75, 3.05) is 0 Å². The number of benzene rings is 6. The number of fused-ring (bicyclic) bond motifs is 11. The molecule has 4 aromatic heterocycles. The Hall–Kier alpha value is -5.02. The summed E-state index contributed by atoms with van der Waals surface area (Å²) < 4.78 is 9.03. The van der Waals surface area contributed by atoms with Gasteiger partial charge in [0.15, 0.2) is 5.58 Å². The second-order valence-corrected chi connectivity index (χ2v) is 10.2. The molecule has 4 heterocycles. The second-order valence-electron chi connectivity index (χ2n) is 10.2. The molecular weight excluding hydrogens is 452 g/mol. The van der Waals surface area contributed by atoms with Gasteiger partial charge in [-0.1, -0.05) is 84.9 Å². The molecule has 0 aliphatic rings. The summed E-state index contributed by atoms with van der Waals surface area (Å²) in [5.41, 5.74) is 7.77. The first-order chi connectivity index (χ1) is 18.4. The predicted molar refractivity (Wildman–Crippen MR) is 155 cm³/mol. The normalized spacial score (nSPS) is 12.9. The fourth-order valence-electron chi connectivity index (χ4n) is 6.96. The summed E-state index contributed by atoms with van der Waals surface area (Å²) in [7, 11) is 0. The zero-order valence-corrected chi connectivity index (χ0v) is 19.7. The number of furan rings is 1. The molecule has 0 fully saturated rings. The molecule has 6 aromatic carbocycles. The summed E-state index contributed by atoms with van der Waals surface area (Å²) >= 11 is 0. The van der Waals surface area contributed by atoms with Gasteiger partial charge in [-0.15, -0.1) is 0 Å². The van der Waals surface area contributed by atoms with Crippen molar-refractivity contribution in [1.29, 1.82) is 0 Å². The minimum Gasteiger partial charge on any atom is -0.454 e. The van der Waals surface area contributed by atoms with Crippen LogP contribution in [0.1, 0.15) is 0 Å². The highest BCUT2D eigenvalue weighted by molar-refractivity contribution is 6.35. The molecule has 10 aromatic rings. The molecule has 0 saturated heterocycles. The van der Waals surface area contributed by atoms with E-state index < -0.39 is 0 Å². The molecule has 3 heteroatoms. The van der Waals surface area contributed by atoms with Gasteiger partial charge in [0.1, 0.15) is 5.58 Å². The largest absolute Gasteiger partial charge is 0.454 e. The average Bonchev–Trinajstić information content (AvgIpc) is 3.59. The molecule has 37 heavy (non-hydrogen) atoms. The van der Waals surface area contributed by atoms with Crippen LogP contribution in [0.5, 0.6) is 0 Å². The third-order valence-electron chi connectivity index (χ3n) is 8.43. The number of para-hydroxylation sites is 2. The van der Waals surface area contributed by atoms with Crippen molar-refractivity contribution in [2.45, 2.75) is 0 Å². The van der Waals surface area contributed by atoms with Gasteiger partial charge in [-0.25, -0.2) is 0 Å². The van der Waals surface area contributed by atoms with E-state index >= 15 is 0 Å². The SMILES string of the molecule is c1ccc2c(c1)ccc1c3cccc4c5cccc6[nH]c7c8oc9ccccc9c8cc(c7c65)n(c21)c43. The zero-order valence-electron chi connectivity index (χ0n) is 19.7. The van der Waals surface area contributed by atoms with Crippen LogP contribution in [0, 0.1) is 0 Å². The van der Waals surface area contributed by atoms with Crippen molar-refractivity contribution in [2.24, 2.45) is 0 Å². The van der Waals surface area contributed by atoms with Gasteiger partial charge in [0, 0.05) is 48.6 Å². The van der Waals surface area contributed by atoms with E-state index in [4.69, 9.17) is 4.42 Å². The molecule has 0 spiro atoms. The van der Waals surface area contributed by atoms with Gasteiger partial charge in [-0.3, -0.25) is 0 Å². The van der Waals surface area contributed by atoms with Crippen molar-refractivity contribution < 1.29 is 4.42 Å². The molecule has 1 N–H and O–H groups in total. The van der Waals surface area contributed by atoms with E-state index in [0.29, 0.717) is 0 Å². The fourth-order valence-corrected chi connectivity index (χ4v) is 6.96. The van der Waals surface area contributed by atoms with Gasteiger partial charge in [0.25, 0.3) is 0 Å². The molecule has 0 aliphatic carbocycles. The molecule has 10 rings (SSSR count). The van der Waals surface area contributed by atoms with Gasteiger partial charge in [0.05, 0.1) is 22.1 Å². The van der Waals surface area contributed by atoms with Crippen LogP contribution in [0.4, 0.5) is 0 Å². The second kappa shape index (κ2) is 6.03. The van der Waals surface area contributed by atoms with Crippen molar-refractivity contribution in [3.05, 3.63) is 103 Å². The Labute approximate surface area is 209 Å². The van der Waals surface area contributed by atoms with Crippen LogP contribution in [-0.4, -0.2) is 9.38 Å². The first-order valence-electron chi connectivity index (χ1n) is 12.7. The molecule has 0 bridgehead atoms. The summed E-state index contributed by atoms with van der Waals surface area (Å²) in [5.74, 6) is 0. The van der Waals surface area contributed by atoms with Crippen LogP contribution in [0.25, 0.3) is 92.6 Å². The molecule has 0 aliphatic heterocycles. The van der Waals surface area contributed by atoms with E-state index in [1.165, 1.54) is 59.6 Å². The number of aromatic amines is 1. The Balaban J connectivity index is 1.68. The van der Waals surface area contributed by atoms with Gasteiger partial charge in [0.2, 0.25) is 0 Å². The summed E-state index contributed by atoms with van der Waals surface area (Å²) in [4.78, 5) is 3.76. The summed E-state index contributed by atoms with van der Waals surface area (Å²) in [6, 6.07) is 37.4. The fraction of sp³-hybridized carbons (Fsp3) is 0. The van der Waals surface area contributed by atoms with Gasteiger partial charge in [-0.05, 0) is 29.0 Å². The van der Waals surface area contributed by atoms with Crippen LogP contribution >= 0.6 is 0 Å². The van der Waals surface area contributed by atoms with E-state index in [9.17, 15) is 0 Å². The number of nitrogens with zero attached hydrogens (tertiary/aromatic N) is 1. The van der Waals surface area contributed by atoms with Crippen molar-refractivity contribution in [1.82, 2.24) is 9.38 Å². The minimum absolute atomic E-state index is 0.917. The van der Waals surface area contributed by atoms with Gasteiger partial charge < -0.3 is 13.8 Å². The number of aromatic nitrogens is 2. The highest BCUT2D eigenvalue weighted by atomic mass is 16.3. The topological polar surface area (TPSA) is 33.3 Å². The first-order valence-corrected chi connectivity index (χ1v) is 12.7. The maximum absolute atomic E-state index is 6.50. The lowest BCUT2D eigenvalue weighted by Gasteiger charge is -2.05. The Morgan fingerprint density at radius 3 is 2.19 bits per heavy atom. The lowest BCUT2D eigenvalue weighted by atomic mass is 10.0. The lowest BCUT2D eigenvalue weighted by Crippen LogP contribution is -1.87. The van der Waals surface area contributed by atoms with Crippen molar-refractivity contribution in [3.63, 3.8) is 0 Å². The molecule has 0 radical (unpaired) electrons. The van der Waals surface area contributed by atoms with E-state index in [1.807, 2.05) is 6.07 Å². The van der Waals surface area contributed by atoms with Crippen LogP contribution < -0.4 is 0 Å². The molecule has 170 valence electrons. The molecule has 0 atom stereocenters. The Morgan fingerprint density at radius 2 is 1.24 bits per heavy atom. The van der Waals surface area contributed by atoms with Crippen molar-refractivity contribution in [3.8, 4) is 0 Å². The highest BCUT2D eigenvalue weighted by Gasteiger charge is 2.23. The third kappa shape index (κ3) is 2.00. The van der Waals surface area contributed by atoms with Crippen molar-refractivity contribution >= 4 is 92.6 Å². The standard InChI is InChI=1S/C34H18N2O/c1-2-8-19-18(7-1)15-16-24-23-12-5-11-22-21-10-6-13-26-29(21)30-27(36(32(19)24)33(22)23)17-25-20-9-3-4-14-28(20)37-34(25)31(30)35-26/h1-17,35H. The Morgan fingerprint density at radius 1 is 0.541 bits per heavy atom. The number of H-pyrrole nitrogens is 1. The minimum atomic E-state index is 0.917. The van der Waals surface area contributed by atoms with Crippen LogP contribution in [0.3, 0.4) is 0 Å². The maximum Gasteiger partial charge on any atom is 0.159 e. The zero-order chi connectivity index (χ0) is 23.8. The molecule has 0 amide bonds. The summed E-state index contributed by atoms with van der Waals surface area (Å²) in [5, 5.41) is 12.4. The van der Waals surface area contributed by atoms with E-state index in [1.54, 1.807) is 0 Å². The smallest absolute Gasteiger partial charge is 0.159 e. The number of hydrogen-bond donors (Lipinski definition) is 1. The third-order valence-corrected chi connectivity index (χ3v) is 8.43. The Kier molecular flexibility index (Phi) is 2.98. The summed E-state index contributed by atoms with van der Waals surface area (Å²) in [6.45, 7) is 0. The first kappa shape index (κ1) is 18.3. The van der Waals surface area contributed by atoms with Crippen LogP contribution in [0.2, 0.25) is 0 Å².